The molecular weight excluding hydrogens is 218 g/mol. The zero-order valence-corrected chi connectivity index (χ0v) is 8.58. The van der Waals surface area contributed by atoms with Gasteiger partial charge in [-0.3, -0.25) is 10.1 Å². The number of aryl methyl sites for hydroxylation is 1. The second kappa shape index (κ2) is 4.09. The van der Waals surface area contributed by atoms with Crippen LogP contribution in [0.3, 0.4) is 0 Å². The second-order valence-electron chi connectivity index (χ2n) is 2.54. The van der Waals surface area contributed by atoms with E-state index in [-0.39, 0.29) is 5.82 Å². The average Bonchev–Trinajstić information content (AvgIpc) is 2.87. The number of aromatic amines is 1. The molecule has 1 amide bonds. The van der Waals surface area contributed by atoms with E-state index in [1.807, 2.05) is 6.92 Å². The lowest BCUT2D eigenvalue weighted by molar-refractivity contribution is 0.101. The number of carbonyl (C=O) groups excluding carboxylic acids is 1. The van der Waals surface area contributed by atoms with Crippen LogP contribution in [-0.4, -0.2) is 36.7 Å². The van der Waals surface area contributed by atoms with E-state index in [4.69, 9.17) is 0 Å². The van der Waals surface area contributed by atoms with Crippen molar-refractivity contribution in [2.75, 3.05) is 5.32 Å². The largest absolute Gasteiger partial charge is 0.299 e. The molecule has 2 aromatic rings. The van der Waals surface area contributed by atoms with Gasteiger partial charge in [-0.25, -0.2) is 0 Å². The number of anilines is 1. The third kappa shape index (κ3) is 2.13. The monoisotopic (exact) mass is 225 g/mol. The Balaban J connectivity index is 2.06. The zero-order valence-electron chi connectivity index (χ0n) is 7.76. The van der Waals surface area contributed by atoms with Crippen LogP contribution in [0.25, 0.3) is 0 Å². The lowest BCUT2D eigenvalue weighted by Gasteiger charge is -1.93. The van der Waals surface area contributed by atoms with Gasteiger partial charge in [0.15, 0.2) is 0 Å². The molecule has 0 aliphatic carbocycles. The lowest BCUT2D eigenvalue weighted by atomic mass is 10.5. The molecular formula is C6H7N7OS. The molecule has 2 aromatic heterocycles. The lowest BCUT2D eigenvalue weighted by Crippen LogP contribution is -2.13. The van der Waals surface area contributed by atoms with Crippen molar-refractivity contribution < 1.29 is 4.79 Å². The number of H-pyrrole nitrogens is 1. The van der Waals surface area contributed by atoms with Crippen molar-refractivity contribution in [3.05, 3.63) is 10.8 Å². The number of hydrogen-bond acceptors (Lipinski definition) is 7. The van der Waals surface area contributed by atoms with E-state index in [1.165, 1.54) is 11.3 Å². The second-order valence-corrected chi connectivity index (χ2v) is 3.61. The van der Waals surface area contributed by atoms with E-state index >= 15 is 0 Å². The van der Waals surface area contributed by atoms with Gasteiger partial charge in [-0.15, -0.1) is 20.4 Å². The van der Waals surface area contributed by atoms with Gasteiger partial charge in [0.1, 0.15) is 5.01 Å². The van der Waals surface area contributed by atoms with Gasteiger partial charge in [-0.1, -0.05) is 18.3 Å². The number of carbonyl (C=O) groups is 1. The predicted molar refractivity (Wildman–Crippen MR) is 51.4 cm³/mol. The molecule has 0 unspecified atom stereocenters. The maximum Gasteiger partial charge on any atom is 0.299 e. The molecule has 0 spiro atoms. The Morgan fingerprint density at radius 2 is 2.33 bits per heavy atom. The number of amides is 1. The Hall–Kier alpha value is -1.90. The summed E-state index contributed by atoms with van der Waals surface area (Å²) in [5, 5.41) is 24.0. The van der Waals surface area contributed by atoms with Crippen molar-refractivity contribution in [3.8, 4) is 0 Å². The Kier molecular flexibility index (Phi) is 2.63. The van der Waals surface area contributed by atoms with Crippen molar-refractivity contribution in [2.45, 2.75) is 13.3 Å². The molecule has 9 heteroatoms. The van der Waals surface area contributed by atoms with Gasteiger partial charge in [0.05, 0.1) is 0 Å². The maximum absolute atomic E-state index is 11.4. The van der Waals surface area contributed by atoms with Crippen molar-refractivity contribution in [3.63, 3.8) is 0 Å². The molecule has 2 heterocycles. The molecule has 0 aliphatic heterocycles. The first-order chi connectivity index (χ1) is 7.29. The van der Waals surface area contributed by atoms with Gasteiger partial charge in [-0.05, 0) is 11.6 Å². The topological polar surface area (TPSA) is 109 Å². The normalized spacial score (nSPS) is 10.2. The van der Waals surface area contributed by atoms with E-state index in [0.29, 0.717) is 5.13 Å². The third-order valence-corrected chi connectivity index (χ3v) is 2.52. The molecule has 2 N–H and O–H groups in total. The van der Waals surface area contributed by atoms with Crippen molar-refractivity contribution >= 4 is 22.4 Å². The Labute approximate surface area is 88.1 Å². The van der Waals surface area contributed by atoms with Gasteiger partial charge in [0.25, 0.3) is 11.7 Å². The molecule has 0 bridgehead atoms. The predicted octanol–water partition coefficient (Wildman–Crippen LogP) is -0.134. The van der Waals surface area contributed by atoms with Crippen LogP contribution in [0, 0.1) is 0 Å². The van der Waals surface area contributed by atoms with E-state index in [1.54, 1.807) is 0 Å². The SMILES string of the molecule is CCc1nnc(NC(=O)c2nn[nH]n2)s1. The van der Waals surface area contributed by atoms with E-state index in [0.717, 1.165) is 11.4 Å². The van der Waals surface area contributed by atoms with Gasteiger partial charge in [0, 0.05) is 0 Å². The summed E-state index contributed by atoms with van der Waals surface area (Å²) in [6, 6.07) is 0. The highest BCUT2D eigenvalue weighted by Crippen LogP contribution is 2.15. The quantitative estimate of drug-likeness (QED) is 0.752. The number of rotatable bonds is 3. The summed E-state index contributed by atoms with van der Waals surface area (Å²) in [5.41, 5.74) is 0. The van der Waals surface area contributed by atoms with Crippen LogP contribution in [0.15, 0.2) is 0 Å². The summed E-state index contributed by atoms with van der Waals surface area (Å²) in [4.78, 5) is 11.4. The molecule has 8 nitrogen and oxygen atoms in total. The smallest absolute Gasteiger partial charge is 0.294 e. The van der Waals surface area contributed by atoms with Crippen molar-refractivity contribution in [2.24, 2.45) is 0 Å². The highest BCUT2D eigenvalue weighted by atomic mass is 32.1. The van der Waals surface area contributed by atoms with E-state index in [2.05, 4.69) is 36.1 Å². The van der Waals surface area contributed by atoms with E-state index in [9.17, 15) is 4.79 Å². The summed E-state index contributed by atoms with van der Waals surface area (Å²) in [7, 11) is 0. The number of tetrazole rings is 1. The number of aromatic nitrogens is 6. The minimum atomic E-state index is -0.456. The number of nitrogens with zero attached hydrogens (tertiary/aromatic N) is 5. The Bertz CT molecular complexity index is 450. The first kappa shape index (κ1) is 9.65. The van der Waals surface area contributed by atoms with Gasteiger partial charge in [-0.2, -0.15) is 5.21 Å². The first-order valence-electron chi connectivity index (χ1n) is 4.16. The van der Waals surface area contributed by atoms with Crippen LogP contribution in [-0.2, 0) is 6.42 Å². The number of hydrogen-bond donors (Lipinski definition) is 2. The van der Waals surface area contributed by atoms with Gasteiger partial charge >= 0.3 is 0 Å². The van der Waals surface area contributed by atoms with E-state index < -0.39 is 5.91 Å². The maximum atomic E-state index is 11.4. The van der Waals surface area contributed by atoms with Gasteiger partial charge < -0.3 is 0 Å². The van der Waals surface area contributed by atoms with Crippen LogP contribution in [0.2, 0.25) is 0 Å². The fraction of sp³-hybridized carbons (Fsp3) is 0.333. The van der Waals surface area contributed by atoms with Crippen LogP contribution >= 0.6 is 11.3 Å². The molecule has 15 heavy (non-hydrogen) atoms. The Morgan fingerprint density at radius 3 is 2.93 bits per heavy atom. The zero-order chi connectivity index (χ0) is 10.7. The molecule has 2 rings (SSSR count). The van der Waals surface area contributed by atoms with Crippen LogP contribution < -0.4 is 5.32 Å². The average molecular weight is 225 g/mol. The van der Waals surface area contributed by atoms with Crippen molar-refractivity contribution in [1.82, 2.24) is 30.8 Å². The molecule has 0 aromatic carbocycles. The molecule has 0 saturated heterocycles. The minimum absolute atomic E-state index is 0.0248. The standard InChI is InChI=1S/C6H7N7OS/c1-2-3-8-11-6(15-3)7-5(14)4-9-12-13-10-4/h2H2,1H3,(H,7,11,14)(H,9,10,12,13). The molecule has 0 radical (unpaired) electrons. The molecule has 0 atom stereocenters. The minimum Gasteiger partial charge on any atom is -0.294 e. The van der Waals surface area contributed by atoms with Crippen LogP contribution in [0.5, 0.6) is 0 Å². The summed E-state index contributed by atoms with van der Waals surface area (Å²) < 4.78 is 0. The van der Waals surface area contributed by atoms with Crippen LogP contribution in [0.4, 0.5) is 5.13 Å². The fourth-order valence-corrected chi connectivity index (χ4v) is 1.53. The molecule has 0 fully saturated rings. The third-order valence-electron chi connectivity index (χ3n) is 1.54. The van der Waals surface area contributed by atoms with Gasteiger partial charge in [0.2, 0.25) is 5.13 Å². The highest BCUT2D eigenvalue weighted by molar-refractivity contribution is 7.15. The summed E-state index contributed by atoms with van der Waals surface area (Å²) in [5.74, 6) is -0.481. The Morgan fingerprint density at radius 1 is 1.47 bits per heavy atom. The molecule has 0 saturated carbocycles. The highest BCUT2D eigenvalue weighted by Gasteiger charge is 2.13. The fourth-order valence-electron chi connectivity index (χ4n) is 0.858. The first-order valence-corrected chi connectivity index (χ1v) is 4.98. The molecule has 0 aliphatic rings. The summed E-state index contributed by atoms with van der Waals surface area (Å²) >= 11 is 1.32. The van der Waals surface area contributed by atoms with Crippen LogP contribution in [0.1, 0.15) is 22.6 Å². The molecule has 78 valence electrons. The summed E-state index contributed by atoms with van der Waals surface area (Å²) in [6.45, 7) is 1.96. The number of nitrogens with one attached hydrogen (secondary N) is 2. The summed E-state index contributed by atoms with van der Waals surface area (Å²) in [6.07, 6.45) is 0.787. The van der Waals surface area contributed by atoms with Crippen molar-refractivity contribution in [1.29, 1.82) is 0 Å².